The van der Waals surface area contributed by atoms with Crippen molar-refractivity contribution >= 4 is 5.97 Å². The zero-order chi connectivity index (χ0) is 13.9. The van der Waals surface area contributed by atoms with E-state index in [1.54, 1.807) is 49.4 Å². The average molecular weight is 259 g/mol. The molecular formula is C13H15N4O2+. The lowest BCUT2D eigenvalue weighted by Gasteiger charge is -2.13. The number of nitrogens with zero attached hydrogens (tertiary/aromatic N) is 4. The Balaban J connectivity index is 2.18. The zero-order valence-corrected chi connectivity index (χ0v) is 10.8. The third kappa shape index (κ3) is 3.09. The van der Waals surface area contributed by atoms with Crippen LogP contribution in [0.25, 0.3) is 11.4 Å². The van der Waals surface area contributed by atoms with Crippen molar-refractivity contribution < 1.29 is 14.6 Å². The lowest BCUT2D eigenvalue weighted by molar-refractivity contribution is -0.762. The van der Waals surface area contributed by atoms with E-state index < -0.39 is 11.4 Å². The molecule has 0 saturated heterocycles. The number of aliphatic carboxylic acids is 1. The Bertz CT molecular complexity index is 567. The smallest absolute Gasteiger partial charge is 0.315 e. The first kappa shape index (κ1) is 13.1. The van der Waals surface area contributed by atoms with Crippen molar-refractivity contribution in [2.45, 2.75) is 20.4 Å². The molecule has 98 valence electrons. The van der Waals surface area contributed by atoms with Crippen molar-refractivity contribution in [3.8, 4) is 11.4 Å². The van der Waals surface area contributed by atoms with Gasteiger partial charge in [0, 0.05) is 24.0 Å². The van der Waals surface area contributed by atoms with Gasteiger partial charge in [0.1, 0.15) is 11.6 Å². The Morgan fingerprint density at radius 2 is 2.05 bits per heavy atom. The van der Waals surface area contributed by atoms with Gasteiger partial charge in [-0.25, -0.2) is 9.97 Å². The van der Waals surface area contributed by atoms with Gasteiger partial charge in [-0.05, 0) is 25.0 Å². The summed E-state index contributed by atoms with van der Waals surface area (Å²) in [6.45, 7) is 3.63. The van der Waals surface area contributed by atoms with Gasteiger partial charge in [0.15, 0.2) is 18.6 Å². The summed E-state index contributed by atoms with van der Waals surface area (Å²) in [7, 11) is 0. The van der Waals surface area contributed by atoms with Crippen molar-refractivity contribution in [2.24, 2.45) is 5.41 Å². The largest absolute Gasteiger partial charge is 0.481 e. The maximum Gasteiger partial charge on any atom is 0.315 e. The molecule has 2 aromatic heterocycles. The number of hydrogen-bond acceptors (Lipinski definition) is 4. The van der Waals surface area contributed by atoms with Crippen LogP contribution in [0.15, 0.2) is 36.9 Å². The van der Waals surface area contributed by atoms with Crippen molar-refractivity contribution in [3.63, 3.8) is 0 Å². The molecule has 1 N–H and O–H groups in total. The molecule has 0 aliphatic heterocycles. The number of aromatic nitrogens is 4. The summed E-state index contributed by atoms with van der Waals surface area (Å²) in [6, 6.07) is 3.57. The second-order valence-electron chi connectivity index (χ2n) is 4.87. The Labute approximate surface area is 110 Å². The van der Waals surface area contributed by atoms with E-state index >= 15 is 0 Å². The van der Waals surface area contributed by atoms with Crippen LogP contribution in [0.1, 0.15) is 13.8 Å². The normalized spacial score (nSPS) is 11.3. The maximum absolute atomic E-state index is 11.1. The van der Waals surface area contributed by atoms with Gasteiger partial charge in [-0.3, -0.25) is 4.79 Å². The van der Waals surface area contributed by atoms with Gasteiger partial charge >= 0.3 is 5.97 Å². The predicted molar refractivity (Wildman–Crippen MR) is 66.9 cm³/mol. The fourth-order valence-electron chi connectivity index (χ4n) is 1.53. The summed E-state index contributed by atoms with van der Waals surface area (Å²) < 4.78 is 1.60. The minimum Gasteiger partial charge on any atom is -0.481 e. The standard InChI is InChI=1S/C13H14N4O2/c1-13(2,12(18)19)9-17-7-4-10(8-16-17)11-14-5-3-6-15-11/h3-8H,9H2,1-2H3/p+1. The van der Waals surface area contributed by atoms with E-state index in [2.05, 4.69) is 15.1 Å². The summed E-state index contributed by atoms with van der Waals surface area (Å²) in [6.07, 6.45) is 6.69. The second kappa shape index (κ2) is 5.09. The van der Waals surface area contributed by atoms with Crippen molar-refractivity contribution in [1.29, 1.82) is 0 Å². The SMILES string of the molecule is CC(C)(C[n+]1ccc(-c2ncccn2)cn1)C(=O)O. The molecule has 0 spiro atoms. The molecule has 0 saturated carbocycles. The lowest BCUT2D eigenvalue weighted by Crippen LogP contribution is -2.46. The van der Waals surface area contributed by atoms with E-state index in [1.807, 2.05) is 6.07 Å². The van der Waals surface area contributed by atoms with Gasteiger partial charge < -0.3 is 5.11 Å². The van der Waals surface area contributed by atoms with Crippen LogP contribution in [0.3, 0.4) is 0 Å². The Morgan fingerprint density at radius 1 is 1.37 bits per heavy atom. The fraction of sp³-hybridized carbons (Fsp3) is 0.308. The highest BCUT2D eigenvalue weighted by molar-refractivity contribution is 5.73. The number of rotatable bonds is 4. The highest BCUT2D eigenvalue weighted by Crippen LogP contribution is 2.15. The predicted octanol–water partition coefficient (Wildman–Crippen LogP) is 0.937. The first-order chi connectivity index (χ1) is 8.99. The molecule has 0 fully saturated rings. The Kier molecular flexibility index (Phi) is 3.50. The third-order valence-electron chi connectivity index (χ3n) is 2.73. The highest BCUT2D eigenvalue weighted by Gasteiger charge is 2.32. The second-order valence-corrected chi connectivity index (χ2v) is 4.87. The molecule has 0 atom stereocenters. The quantitative estimate of drug-likeness (QED) is 0.826. The minimum atomic E-state index is -0.859. The molecular weight excluding hydrogens is 244 g/mol. The molecule has 2 aromatic rings. The van der Waals surface area contributed by atoms with Gasteiger partial charge in [-0.2, -0.15) is 0 Å². The maximum atomic E-state index is 11.1. The molecule has 0 aliphatic rings. The van der Waals surface area contributed by atoms with Crippen LogP contribution in [0.4, 0.5) is 0 Å². The summed E-state index contributed by atoms with van der Waals surface area (Å²) in [5.41, 5.74) is -0.0624. The van der Waals surface area contributed by atoms with E-state index in [-0.39, 0.29) is 0 Å². The fourth-order valence-corrected chi connectivity index (χ4v) is 1.53. The van der Waals surface area contributed by atoms with E-state index in [1.165, 1.54) is 0 Å². The van der Waals surface area contributed by atoms with Crippen LogP contribution >= 0.6 is 0 Å². The topological polar surface area (TPSA) is 79.8 Å². The minimum absolute atomic E-state index is 0.304. The number of carbonyl (C=O) groups is 1. The number of carboxylic acid groups (broad SMARTS) is 1. The number of carboxylic acids is 1. The highest BCUT2D eigenvalue weighted by atomic mass is 16.4. The van der Waals surface area contributed by atoms with Gasteiger partial charge in [0.2, 0.25) is 0 Å². The molecule has 0 amide bonds. The Morgan fingerprint density at radius 3 is 2.58 bits per heavy atom. The van der Waals surface area contributed by atoms with Crippen LogP contribution in [0.5, 0.6) is 0 Å². The van der Waals surface area contributed by atoms with Crippen LogP contribution in [0.2, 0.25) is 0 Å². The lowest BCUT2D eigenvalue weighted by atomic mass is 9.94. The molecule has 6 nitrogen and oxygen atoms in total. The first-order valence-electron chi connectivity index (χ1n) is 5.85. The summed E-state index contributed by atoms with van der Waals surface area (Å²) in [4.78, 5) is 19.3. The van der Waals surface area contributed by atoms with Gasteiger partial charge in [-0.1, -0.05) is 4.68 Å². The first-order valence-corrected chi connectivity index (χ1v) is 5.85. The molecule has 0 radical (unpaired) electrons. The van der Waals surface area contributed by atoms with Crippen molar-refractivity contribution in [3.05, 3.63) is 36.9 Å². The Hall–Kier alpha value is -2.37. The van der Waals surface area contributed by atoms with Gasteiger partial charge in [0.25, 0.3) is 0 Å². The van der Waals surface area contributed by atoms with Crippen LogP contribution < -0.4 is 4.68 Å². The zero-order valence-electron chi connectivity index (χ0n) is 10.8. The van der Waals surface area contributed by atoms with Crippen LogP contribution in [-0.2, 0) is 11.3 Å². The average Bonchev–Trinajstić information content (AvgIpc) is 2.40. The summed E-state index contributed by atoms with van der Waals surface area (Å²) >= 11 is 0. The molecule has 0 aromatic carbocycles. The summed E-state index contributed by atoms with van der Waals surface area (Å²) in [5.74, 6) is -0.253. The van der Waals surface area contributed by atoms with Gasteiger partial charge in [-0.15, -0.1) is 0 Å². The van der Waals surface area contributed by atoms with Gasteiger partial charge in [0.05, 0.1) is 0 Å². The summed E-state index contributed by atoms with van der Waals surface area (Å²) in [5, 5.41) is 13.3. The molecule has 19 heavy (non-hydrogen) atoms. The van der Waals surface area contributed by atoms with Crippen molar-refractivity contribution in [2.75, 3.05) is 0 Å². The molecule has 0 unspecified atom stereocenters. The number of hydrogen-bond donors (Lipinski definition) is 1. The van der Waals surface area contributed by atoms with Crippen LogP contribution in [0, 0.1) is 5.41 Å². The van der Waals surface area contributed by atoms with E-state index in [0.717, 1.165) is 5.56 Å². The van der Waals surface area contributed by atoms with Crippen molar-refractivity contribution in [1.82, 2.24) is 15.1 Å². The van der Waals surface area contributed by atoms with E-state index in [9.17, 15) is 4.79 Å². The third-order valence-corrected chi connectivity index (χ3v) is 2.73. The molecule has 0 bridgehead atoms. The molecule has 2 heterocycles. The molecule has 2 rings (SSSR count). The van der Waals surface area contributed by atoms with E-state index in [0.29, 0.717) is 12.4 Å². The monoisotopic (exact) mass is 259 g/mol. The molecule has 0 aliphatic carbocycles. The van der Waals surface area contributed by atoms with Crippen LogP contribution in [-0.4, -0.2) is 26.1 Å². The van der Waals surface area contributed by atoms with E-state index in [4.69, 9.17) is 5.11 Å². The molecule has 6 heteroatoms.